The molecule has 0 atom stereocenters. The molecule has 3 rings (SSSR count). The Bertz CT molecular complexity index is 745. The molecular weight excluding hydrogens is 358 g/mol. The number of aromatic nitrogens is 1. The zero-order valence-corrected chi connectivity index (χ0v) is 14.9. The van der Waals surface area contributed by atoms with Crippen LogP contribution in [0, 0.1) is 5.92 Å². The van der Waals surface area contributed by atoms with Gasteiger partial charge in [0, 0.05) is 47.5 Å². The third-order valence-corrected chi connectivity index (χ3v) is 4.68. The third kappa shape index (κ3) is 3.27. The molecular formula is C17H20BrN3O2. The van der Waals surface area contributed by atoms with Crippen molar-refractivity contribution >= 4 is 38.6 Å². The first-order valence-electron chi connectivity index (χ1n) is 7.82. The summed E-state index contributed by atoms with van der Waals surface area (Å²) < 4.78 is 0.990. The van der Waals surface area contributed by atoms with Gasteiger partial charge >= 0.3 is 0 Å². The first kappa shape index (κ1) is 16.1. The SMILES string of the molecule is CC(C)C(=O)N1CCN(C(=O)c2cc3cc(Br)ccc3[nH]2)CC1. The Balaban J connectivity index is 1.70. The minimum Gasteiger partial charge on any atom is -0.351 e. The Labute approximate surface area is 143 Å². The maximum Gasteiger partial charge on any atom is 0.270 e. The second-order valence-electron chi connectivity index (χ2n) is 6.19. The van der Waals surface area contributed by atoms with Gasteiger partial charge in [-0.05, 0) is 24.3 Å². The number of rotatable bonds is 2. The fourth-order valence-electron chi connectivity index (χ4n) is 2.88. The van der Waals surface area contributed by atoms with E-state index < -0.39 is 0 Å². The highest BCUT2D eigenvalue weighted by atomic mass is 79.9. The number of H-pyrrole nitrogens is 1. The molecule has 2 aromatic rings. The lowest BCUT2D eigenvalue weighted by atomic mass is 10.1. The molecule has 0 spiro atoms. The van der Waals surface area contributed by atoms with Crippen LogP contribution in [0.1, 0.15) is 24.3 Å². The topological polar surface area (TPSA) is 56.4 Å². The van der Waals surface area contributed by atoms with Gasteiger partial charge in [-0.2, -0.15) is 0 Å². The molecule has 1 saturated heterocycles. The molecule has 1 aromatic carbocycles. The van der Waals surface area contributed by atoms with Crippen molar-refractivity contribution in [3.63, 3.8) is 0 Å². The molecule has 2 heterocycles. The fourth-order valence-corrected chi connectivity index (χ4v) is 3.26. The van der Waals surface area contributed by atoms with Crippen molar-refractivity contribution in [2.24, 2.45) is 5.92 Å². The number of hydrogen-bond donors (Lipinski definition) is 1. The number of nitrogens with zero attached hydrogens (tertiary/aromatic N) is 2. The summed E-state index contributed by atoms with van der Waals surface area (Å²) >= 11 is 3.44. The number of carbonyl (C=O) groups is 2. The number of nitrogens with one attached hydrogen (secondary N) is 1. The summed E-state index contributed by atoms with van der Waals surface area (Å²) in [6.45, 7) is 6.18. The van der Waals surface area contributed by atoms with Crippen molar-refractivity contribution in [1.29, 1.82) is 0 Å². The molecule has 0 saturated carbocycles. The Morgan fingerprint density at radius 2 is 1.74 bits per heavy atom. The molecule has 0 aliphatic carbocycles. The maximum atomic E-state index is 12.6. The van der Waals surface area contributed by atoms with Gasteiger partial charge in [0.25, 0.3) is 5.91 Å². The van der Waals surface area contributed by atoms with Gasteiger partial charge in [0.2, 0.25) is 5.91 Å². The van der Waals surface area contributed by atoms with E-state index in [4.69, 9.17) is 0 Å². The van der Waals surface area contributed by atoms with Crippen LogP contribution < -0.4 is 0 Å². The van der Waals surface area contributed by atoms with E-state index in [1.807, 2.05) is 47.9 Å². The molecule has 6 heteroatoms. The predicted molar refractivity (Wildman–Crippen MR) is 93.3 cm³/mol. The molecule has 1 aliphatic heterocycles. The predicted octanol–water partition coefficient (Wildman–Crippen LogP) is 2.87. The van der Waals surface area contributed by atoms with Crippen molar-refractivity contribution in [1.82, 2.24) is 14.8 Å². The number of aromatic amines is 1. The molecule has 5 nitrogen and oxygen atoms in total. The third-order valence-electron chi connectivity index (χ3n) is 4.19. The lowest BCUT2D eigenvalue weighted by Gasteiger charge is -2.35. The summed E-state index contributed by atoms with van der Waals surface area (Å²) in [5, 5.41) is 1.01. The minimum absolute atomic E-state index is 0.00408. The van der Waals surface area contributed by atoms with Crippen molar-refractivity contribution in [3.8, 4) is 0 Å². The number of piperazine rings is 1. The van der Waals surface area contributed by atoms with E-state index in [0.717, 1.165) is 15.4 Å². The zero-order valence-electron chi connectivity index (χ0n) is 13.3. The second kappa shape index (κ2) is 6.35. The van der Waals surface area contributed by atoms with E-state index >= 15 is 0 Å². The normalized spacial score (nSPS) is 15.5. The second-order valence-corrected chi connectivity index (χ2v) is 7.10. The highest BCUT2D eigenvalue weighted by Crippen LogP contribution is 2.21. The van der Waals surface area contributed by atoms with Crippen LogP contribution in [0.4, 0.5) is 0 Å². The standard InChI is InChI=1S/C17H20BrN3O2/c1-11(2)16(22)20-5-7-21(8-6-20)17(23)15-10-12-9-13(18)3-4-14(12)19-15/h3-4,9-11,19H,5-8H2,1-2H3. The quantitative estimate of drug-likeness (QED) is 0.874. The summed E-state index contributed by atoms with van der Waals surface area (Å²) in [5.41, 5.74) is 1.55. The average Bonchev–Trinajstić information content (AvgIpc) is 2.96. The molecule has 2 amide bonds. The minimum atomic E-state index is -0.00558. The molecule has 0 radical (unpaired) electrons. The first-order valence-corrected chi connectivity index (χ1v) is 8.61. The van der Waals surface area contributed by atoms with Crippen LogP contribution in [0.3, 0.4) is 0 Å². The Kier molecular flexibility index (Phi) is 4.43. The van der Waals surface area contributed by atoms with Gasteiger partial charge in [-0.1, -0.05) is 29.8 Å². The summed E-state index contributed by atoms with van der Waals surface area (Å²) in [6.07, 6.45) is 0. The van der Waals surface area contributed by atoms with Gasteiger partial charge in [0.05, 0.1) is 0 Å². The number of carbonyl (C=O) groups excluding carboxylic acids is 2. The van der Waals surface area contributed by atoms with Crippen molar-refractivity contribution < 1.29 is 9.59 Å². The van der Waals surface area contributed by atoms with Crippen LogP contribution in [0.2, 0.25) is 0 Å². The van der Waals surface area contributed by atoms with Gasteiger partial charge in [-0.3, -0.25) is 9.59 Å². The number of fused-ring (bicyclic) bond motifs is 1. The maximum absolute atomic E-state index is 12.6. The summed E-state index contributed by atoms with van der Waals surface area (Å²) in [4.78, 5) is 31.5. The van der Waals surface area contributed by atoms with Crippen LogP contribution in [-0.2, 0) is 4.79 Å². The van der Waals surface area contributed by atoms with Crippen LogP contribution in [0.25, 0.3) is 10.9 Å². The molecule has 1 N–H and O–H groups in total. The largest absolute Gasteiger partial charge is 0.351 e. The Morgan fingerprint density at radius 3 is 2.39 bits per heavy atom. The van der Waals surface area contributed by atoms with Crippen LogP contribution in [-0.4, -0.2) is 52.8 Å². The van der Waals surface area contributed by atoms with Crippen LogP contribution in [0.15, 0.2) is 28.7 Å². The smallest absolute Gasteiger partial charge is 0.270 e. The highest BCUT2D eigenvalue weighted by Gasteiger charge is 2.26. The summed E-state index contributed by atoms with van der Waals surface area (Å²) in [6, 6.07) is 7.77. The van der Waals surface area contributed by atoms with E-state index in [1.54, 1.807) is 0 Å². The molecule has 1 aromatic heterocycles. The lowest BCUT2D eigenvalue weighted by Crippen LogP contribution is -2.51. The number of benzene rings is 1. The number of amides is 2. The molecule has 0 unspecified atom stereocenters. The monoisotopic (exact) mass is 377 g/mol. The number of hydrogen-bond acceptors (Lipinski definition) is 2. The zero-order chi connectivity index (χ0) is 16.6. The average molecular weight is 378 g/mol. The van der Waals surface area contributed by atoms with Gasteiger partial charge in [-0.25, -0.2) is 0 Å². The van der Waals surface area contributed by atoms with Gasteiger partial charge in [-0.15, -0.1) is 0 Å². The van der Waals surface area contributed by atoms with Crippen molar-refractivity contribution in [2.45, 2.75) is 13.8 Å². The molecule has 1 fully saturated rings. The van der Waals surface area contributed by atoms with Crippen LogP contribution in [0.5, 0.6) is 0 Å². The molecule has 122 valence electrons. The van der Waals surface area contributed by atoms with E-state index in [2.05, 4.69) is 20.9 Å². The van der Waals surface area contributed by atoms with E-state index in [-0.39, 0.29) is 17.7 Å². The Hall–Kier alpha value is -1.82. The molecule has 0 bridgehead atoms. The van der Waals surface area contributed by atoms with Gasteiger partial charge < -0.3 is 14.8 Å². The Morgan fingerprint density at radius 1 is 1.09 bits per heavy atom. The molecule has 1 aliphatic rings. The van der Waals surface area contributed by atoms with Crippen molar-refractivity contribution in [2.75, 3.05) is 26.2 Å². The van der Waals surface area contributed by atoms with Crippen molar-refractivity contribution in [3.05, 3.63) is 34.4 Å². The van der Waals surface area contributed by atoms with E-state index in [0.29, 0.717) is 31.9 Å². The first-order chi connectivity index (χ1) is 11.0. The lowest BCUT2D eigenvalue weighted by molar-refractivity contribution is -0.135. The molecule has 23 heavy (non-hydrogen) atoms. The van der Waals surface area contributed by atoms with E-state index in [1.165, 1.54) is 0 Å². The summed E-state index contributed by atoms with van der Waals surface area (Å²) in [5.74, 6) is 0.158. The number of halogens is 1. The fraction of sp³-hybridized carbons (Fsp3) is 0.412. The van der Waals surface area contributed by atoms with Gasteiger partial charge in [0.15, 0.2) is 0 Å². The van der Waals surface area contributed by atoms with Crippen LogP contribution >= 0.6 is 15.9 Å². The summed E-state index contributed by atoms with van der Waals surface area (Å²) in [7, 11) is 0. The van der Waals surface area contributed by atoms with E-state index in [9.17, 15) is 9.59 Å². The highest BCUT2D eigenvalue weighted by molar-refractivity contribution is 9.10. The van der Waals surface area contributed by atoms with Gasteiger partial charge in [0.1, 0.15) is 5.69 Å².